The third kappa shape index (κ3) is 1.92. The molecule has 0 radical (unpaired) electrons. The first-order chi connectivity index (χ1) is 8.74. The van der Waals surface area contributed by atoms with Crippen molar-refractivity contribution in [3.05, 3.63) is 29.1 Å². The molecule has 6 nitrogen and oxygen atoms in total. The predicted molar refractivity (Wildman–Crippen MR) is 70.5 cm³/mol. The van der Waals surface area contributed by atoms with E-state index in [0.29, 0.717) is 18.1 Å². The number of imidazole rings is 1. The quantitative estimate of drug-likeness (QED) is 0.713. The minimum Gasteiger partial charge on any atom is -0.337 e. The Balaban J connectivity index is 1.89. The van der Waals surface area contributed by atoms with Crippen molar-refractivity contribution in [3.63, 3.8) is 0 Å². The number of aryl methyl sites for hydroxylation is 1. The molecule has 92 valence electrons. The van der Waals surface area contributed by atoms with E-state index in [1.54, 1.807) is 30.1 Å². The zero-order valence-corrected chi connectivity index (χ0v) is 10.9. The predicted octanol–water partition coefficient (Wildman–Crippen LogP) is 1.46. The third-order valence-electron chi connectivity index (χ3n) is 2.67. The van der Waals surface area contributed by atoms with Gasteiger partial charge in [0.1, 0.15) is 10.5 Å². The second-order valence-corrected chi connectivity index (χ2v) is 5.00. The van der Waals surface area contributed by atoms with Gasteiger partial charge in [-0.25, -0.2) is 15.0 Å². The Morgan fingerprint density at radius 3 is 3.00 bits per heavy atom. The summed E-state index contributed by atoms with van der Waals surface area (Å²) in [6.07, 6.45) is 5.34. The molecule has 18 heavy (non-hydrogen) atoms. The normalized spacial score (nSPS) is 11.0. The second kappa shape index (κ2) is 4.34. The lowest BCUT2D eigenvalue weighted by atomic mass is 10.5. The van der Waals surface area contributed by atoms with E-state index in [1.165, 1.54) is 0 Å². The fraction of sp³-hybridized carbons (Fsp3) is 0.273. The van der Waals surface area contributed by atoms with Crippen LogP contribution in [0.15, 0.2) is 24.1 Å². The molecule has 0 aliphatic carbocycles. The Morgan fingerprint density at radius 2 is 2.22 bits per heavy atom. The SMILES string of the molecule is CN(Cc1nccs1)c1ncc2c(ncn2C)n1. The molecule has 0 unspecified atom stereocenters. The smallest absolute Gasteiger partial charge is 0.227 e. The number of thiazole rings is 1. The van der Waals surface area contributed by atoms with Gasteiger partial charge >= 0.3 is 0 Å². The molecule has 0 bridgehead atoms. The average Bonchev–Trinajstić information content (AvgIpc) is 2.99. The van der Waals surface area contributed by atoms with Crippen LogP contribution >= 0.6 is 11.3 Å². The molecule has 3 rings (SSSR count). The van der Waals surface area contributed by atoms with Gasteiger partial charge in [-0.3, -0.25) is 0 Å². The molecule has 0 aliphatic rings. The van der Waals surface area contributed by atoms with Gasteiger partial charge in [0, 0.05) is 25.7 Å². The fourth-order valence-corrected chi connectivity index (χ4v) is 2.36. The van der Waals surface area contributed by atoms with Crippen molar-refractivity contribution in [1.29, 1.82) is 0 Å². The number of aromatic nitrogens is 5. The summed E-state index contributed by atoms with van der Waals surface area (Å²) in [4.78, 5) is 19.2. The molecule has 3 aromatic rings. The summed E-state index contributed by atoms with van der Waals surface area (Å²) in [7, 11) is 3.88. The number of rotatable bonds is 3. The summed E-state index contributed by atoms with van der Waals surface area (Å²) in [5, 5.41) is 3.01. The summed E-state index contributed by atoms with van der Waals surface area (Å²) in [5.41, 5.74) is 1.65. The van der Waals surface area contributed by atoms with E-state index in [9.17, 15) is 0 Å². The van der Waals surface area contributed by atoms with Crippen LogP contribution in [0.25, 0.3) is 11.2 Å². The third-order valence-corrected chi connectivity index (χ3v) is 3.43. The van der Waals surface area contributed by atoms with Gasteiger partial charge in [-0.05, 0) is 0 Å². The Bertz CT molecular complexity index is 659. The van der Waals surface area contributed by atoms with Crippen LogP contribution in [0.1, 0.15) is 5.01 Å². The number of hydrogen-bond donors (Lipinski definition) is 0. The summed E-state index contributed by atoms with van der Waals surface area (Å²) in [6, 6.07) is 0. The number of nitrogens with zero attached hydrogens (tertiary/aromatic N) is 6. The van der Waals surface area contributed by atoms with Crippen molar-refractivity contribution in [1.82, 2.24) is 24.5 Å². The molecule has 3 aromatic heterocycles. The van der Waals surface area contributed by atoms with Crippen LogP contribution < -0.4 is 4.90 Å². The highest BCUT2D eigenvalue weighted by Crippen LogP contribution is 2.15. The molecule has 0 saturated carbocycles. The Morgan fingerprint density at radius 1 is 1.33 bits per heavy atom. The molecular formula is C11H12N6S. The molecule has 0 aromatic carbocycles. The van der Waals surface area contributed by atoms with E-state index >= 15 is 0 Å². The van der Waals surface area contributed by atoms with Crippen LogP contribution in [0.3, 0.4) is 0 Å². The largest absolute Gasteiger partial charge is 0.337 e. The van der Waals surface area contributed by atoms with Gasteiger partial charge in [0.2, 0.25) is 5.95 Å². The van der Waals surface area contributed by atoms with Gasteiger partial charge in [-0.1, -0.05) is 0 Å². The van der Waals surface area contributed by atoms with E-state index in [4.69, 9.17) is 0 Å². The molecule has 3 heterocycles. The lowest BCUT2D eigenvalue weighted by Gasteiger charge is -2.14. The van der Waals surface area contributed by atoms with E-state index in [-0.39, 0.29) is 0 Å². The average molecular weight is 260 g/mol. The topological polar surface area (TPSA) is 59.7 Å². The van der Waals surface area contributed by atoms with Crippen LogP contribution in [-0.4, -0.2) is 31.6 Å². The summed E-state index contributed by atoms with van der Waals surface area (Å²) < 4.78 is 1.90. The van der Waals surface area contributed by atoms with E-state index in [2.05, 4.69) is 19.9 Å². The lowest BCUT2D eigenvalue weighted by Crippen LogP contribution is -2.18. The first-order valence-corrected chi connectivity index (χ1v) is 6.35. The molecular weight excluding hydrogens is 248 g/mol. The van der Waals surface area contributed by atoms with Gasteiger partial charge in [-0.15, -0.1) is 11.3 Å². The Hall–Kier alpha value is -2.02. The van der Waals surface area contributed by atoms with Crippen molar-refractivity contribution in [2.75, 3.05) is 11.9 Å². The maximum atomic E-state index is 4.44. The minimum atomic E-state index is 0.663. The molecule has 0 N–H and O–H groups in total. The zero-order chi connectivity index (χ0) is 12.5. The molecule has 0 saturated heterocycles. The standard InChI is InChI=1S/C11H12N6S/c1-16(6-9-12-3-4-18-9)11-13-5-8-10(15-11)14-7-17(8)2/h3-5,7H,6H2,1-2H3. The number of anilines is 1. The summed E-state index contributed by atoms with van der Waals surface area (Å²) in [6.45, 7) is 0.704. The maximum absolute atomic E-state index is 4.44. The van der Waals surface area contributed by atoms with Crippen molar-refractivity contribution < 1.29 is 0 Å². The Labute approximate surface area is 108 Å². The van der Waals surface area contributed by atoms with Crippen LogP contribution in [-0.2, 0) is 13.6 Å². The van der Waals surface area contributed by atoms with Crippen molar-refractivity contribution in [2.24, 2.45) is 7.05 Å². The molecule has 0 aliphatic heterocycles. The Kier molecular flexibility index (Phi) is 2.67. The van der Waals surface area contributed by atoms with Gasteiger partial charge in [0.05, 0.1) is 19.1 Å². The first-order valence-electron chi connectivity index (χ1n) is 5.47. The highest BCUT2D eigenvalue weighted by molar-refractivity contribution is 7.09. The van der Waals surface area contributed by atoms with Crippen molar-refractivity contribution in [2.45, 2.75) is 6.54 Å². The van der Waals surface area contributed by atoms with Gasteiger partial charge in [0.25, 0.3) is 0 Å². The summed E-state index contributed by atoms with van der Waals surface area (Å²) >= 11 is 1.63. The maximum Gasteiger partial charge on any atom is 0.227 e. The van der Waals surface area contributed by atoms with E-state index in [1.807, 2.05) is 28.9 Å². The van der Waals surface area contributed by atoms with Gasteiger partial charge < -0.3 is 9.47 Å². The second-order valence-electron chi connectivity index (χ2n) is 4.02. The molecule has 0 amide bonds. The van der Waals surface area contributed by atoms with Crippen LogP contribution in [0, 0.1) is 0 Å². The van der Waals surface area contributed by atoms with Crippen LogP contribution in [0.4, 0.5) is 5.95 Å². The zero-order valence-electron chi connectivity index (χ0n) is 10.1. The monoisotopic (exact) mass is 260 g/mol. The van der Waals surface area contributed by atoms with E-state index < -0.39 is 0 Å². The molecule has 0 spiro atoms. The number of hydrogen-bond acceptors (Lipinski definition) is 6. The highest BCUT2D eigenvalue weighted by Gasteiger charge is 2.09. The highest BCUT2D eigenvalue weighted by atomic mass is 32.1. The molecule has 7 heteroatoms. The van der Waals surface area contributed by atoms with Crippen LogP contribution in [0.5, 0.6) is 0 Å². The van der Waals surface area contributed by atoms with Gasteiger partial charge in [-0.2, -0.15) is 4.98 Å². The molecule has 0 fully saturated rings. The minimum absolute atomic E-state index is 0.663. The van der Waals surface area contributed by atoms with Crippen molar-refractivity contribution in [3.8, 4) is 0 Å². The van der Waals surface area contributed by atoms with Gasteiger partial charge in [0.15, 0.2) is 5.65 Å². The first kappa shape index (κ1) is 11.1. The summed E-state index contributed by atoms with van der Waals surface area (Å²) in [5.74, 6) is 0.663. The fourth-order valence-electron chi connectivity index (χ4n) is 1.69. The molecule has 0 atom stereocenters. The lowest BCUT2D eigenvalue weighted by molar-refractivity contribution is 0.862. The van der Waals surface area contributed by atoms with E-state index in [0.717, 1.165) is 10.5 Å². The van der Waals surface area contributed by atoms with Crippen molar-refractivity contribution >= 4 is 28.4 Å². The number of fused-ring (bicyclic) bond motifs is 1. The van der Waals surface area contributed by atoms with Crippen LogP contribution in [0.2, 0.25) is 0 Å².